The smallest absolute Gasteiger partial charge is 0.298 e. The Morgan fingerprint density at radius 2 is 1.94 bits per heavy atom. The minimum Gasteiger partial charge on any atom is -0.418 e. The van der Waals surface area contributed by atoms with Gasteiger partial charge in [-0.1, -0.05) is 32.0 Å². The maximum Gasteiger partial charge on any atom is 0.298 e. The van der Waals surface area contributed by atoms with Crippen molar-refractivity contribution in [3.63, 3.8) is 0 Å². The molecule has 3 aromatic rings. The highest BCUT2D eigenvalue weighted by atomic mass is 19.3. The number of oxazole rings is 1. The van der Waals surface area contributed by atoms with Gasteiger partial charge in [-0.3, -0.25) is 9.69 Å². The lowest BCUT2D eigenvalue weighted by molar-refractivity contribution is 0.0844. The molecule has 1 aromatic carbocycles. The summed E-state index contributed by atoms with van der Waals surface area (Å²) in [5.41, 5.74) is 2.25. The topological polar surface area (TPSA) is 77.4 Å². The standard InChI is InChI=1S/C25H33F2N5O2/c1-17(2)7-8-19(13-18-14-28-21-6-4-3-5-20(18)21)30-24(33)22-15-29-25(34-22)32-11-9-31(10-12-32)16-23(26)27/h3-6,14-15,17,19,23,28H,7-13,16H2,1-2H3,(H,30,33). The Kier molecular flexibility index (Phi) is 7.82. The van der Waals surface area contributed by atoms with E-state index < -0.39 is 6.43 Å². The lowest BCUT2D eigenvalue weighted by Gasteiger charge is -2.33. The number of nitrogens with one attached hydrogen (secondary N) is 2. The van der Waals surface area contributed by atoms with Gasteiger partial charge in [0.05, 0.1) is 12.7 Å². The molecule has 1 saturated heterocycles. The van der Waals surface area contributed by atoms with Crippen LogP contribution in [0.25, 0.3) is 10.9 Å². The Morgan fingerprint density at radius 1 is 1.18 bits per heavy atom. The molecule has 0 bridgehead atoms. The van der Waals surface area contributed by atoms with Crippen LogP contribution in [-0.2, 0) is 6.42 Å². The minimum atomic E-state index is -2.34. The number of benzene rings is 1. The Bertz CT molecular complexity index is 1070. The molecule has 7 nitrogen and oxygen atoms in total. The molecule has 2 N–H and O–H groups in total. The number of rotatable bonds is 10. The van der Waals surface area contributed by atoms with E-state index >= 15 is 0 Å². The van der Waals surface area contributed by atoms with Crippen LogP contribution in [0.15, 0.2) is 41.1 Å². The molecule has 1 fully saturated rings. The third kappa shape index (κ3) is 6.14. The highest BCUT2D eigenvalue weighted by molar-refractivity contribution is 5.91. The normalized spacial score (nSPS) is 16.0. The molecule has 34 heavy (non-hydrogen) atoms. The molecular formula is C25H33F2N5O2. The molecule has 2 aromatic heterocycles. The molecule has 1 aliphatic heterocycles. The number of aromatic amines is 1. The van der Waals surface area contributed by atoms with Gasteiger partial charge in [-0.2, -0.15) is 0 Å². The van der Waals surface area contributed by atoms with Crippen molar-refractivity contribution in [2.75, 3.05) is 37.6 Å². The summed E-state index contributed by atoms with van der Waals surface area (Å²) in [6, 6.07) is 8.47. The van der Waals surface area contributed by atoms with E-state index in [1.54, 1.807) is 4.90 Å². The summed E-state index contributed by atoms with van der Waals surface area (Å²) in [5, 5.41) is 4.31. The molecule has 1 amide bonds. The number of hydrogen-bond acceptors (Lipinski definition) is 5. The first-order chi connectivity index (χ1) is 16.4. The number of H-pyrrole nitrogens is 1. The molecular weight excluding hydrogens is 440 g/mol. The second-order valence-electron chi connectivity index (χ2n) is 9.39. The van der Waals surface area contributed by atoms with E-state index in [-0.39, 0.29) is 24.3 Å². The van der Waals surface area contributed by atoms with Gasteiger partial charge in [-0.05, 0) is 36.8 Å². The fraction of sp³-hybridized carbons (Fsp3) is 0.520. The Balaban J connectivity index is 1.39. The number of para-hydroxylation sites is 1. The van der Waals surface area contributed by atoms with Crippen LogP contribution >= 0.6 is 0 Å². The summed E-state index contributed by atoms with van der Waals surface area (Å²) >= 11 is 0. The quantitative estimate of drug-likeness (QED) is 0.459. The Hall–Kier alpha value is -2.94. The molecule has 0 spiro atoms. The van der Waals surface area contributed by atoms with E-state index in [9.17, 15) is 13.6 Å². The van der Waals surface area contributed by atoms with Crippen LogP contribution < -0.4 is 10.2 Å². The zero-order valence-corrected chi connectivity index (χ0v) is 19.8. The van der Waals surface area contributed by atoms with Gasteiger partial charge in [0.2, 0.25) is 5.76 Å². The molecule has 1 atom stereocenters. The van der Waals surface area contributed by atoms with Crippen LogP contribution in [-0.4, -0.2) is 66.0 Å². The highest BCUT2D eigenvalue weighted by Gasteiger charge is 2.24. The number of aromatic nitrogens is 2. The molecule has 0 saturated carbocycles. The fourth-order valence-electron chi connectivity index (χ4n) is 4.42. The number of anilines is 1. The van der Waals surface area contributed by atoms with Gasteiger partial charge >= 0.3 is 0 Å². The summed E-state index contributed by atoms with van der Waals surface area (Å²) in [6.07, 6.45) is 3.70. The van der Waals surface area contributed by atoms with Gasteiger partial charge in [-0.25, -0.2) is 13.8 Å². The summed E-state index contributed by atoms with van der Waals surface area (Å²) < 4.78 is 31.0. The number of amides is 1. The molecule has 1 unspecified atom stereocenters. The monoisotopic (exact) mass is 473 g/mol. The van der Waals surface area contributed by atoms with E-state index in [1.165, 1.54) is 17.1 Å². The van der Waals surface area contributed by atoms with Gasteiger partial charge in [0.15, 0.2) is 0 Å². The van der Waals surface area contributed by atoms with Gasteiger partial charge < -0.3 is 19.6 Å². The predicted octanol–water partition coefficient (Wildman–Crippen LogP) is 4.32. The molecule has 9 heteroatoms. The van der Waals surface area contributed by atoms with E-state index in [4.69, 9.17) is 4.42 Å². The van der Waals surface area contributed by atoms with Crippen molar-refractivity contribution >= 4 is 22.8 Å². The van der Waals surface area contributed by atoms with Crippen LogP contribution in [0, 0.1) is 5.92 Å². The minimum absolute atomic E-state index is 0.0412. The van der Waals surface area contributed by atoms with Crippen molar-refractivity contribution in [2.45, 2.75) is 45.6 Å². The SMILES string of the molecule is CC(C)CCC(Cc1c[nH]c2ccccc12)NC(=O)c1cnc(N2CCN(CC(F)F)CC2)o1. The van der Waals surface area contributed by atoms with Gasteiger partial charge in [0.25, 0.3) is 18.3 Å². The number of fused-ring (bicyclic) bond motifs is 1. The third-order valence-electron chi connectivity index (χ3n) is 6.33. The Morgan fingerprint density at radius 3 is 2.68 bits per heavy atom. The van der Waals surface area contributed by atoms with Crippen LogP contribution in [0.1, 0.15) is 42.8 Å². The number of nitrogens with zero attached hydrogens (tertiary/aromatic N) is 3. The summed E-state index contributed by atoms with van der Waals surface area (Å²) in [6.45, 7) is 6.22. The molecule has 1 aliphatic rings. The lowest BCUT2D eigenvalue weighted by Crippen LogP contribution is -2.47. The van der Waals surface area contributed by atoms with Crippen LogP contribution in [0.3, 0.4) is 0 Å². The summed E-state index contributed by atoms with van der Waals surface area (Å²) in [5.74, 6) is 0.408. The molecule has 184 valence electrons. The second-order valence-corrected chi connectivity index (χ2v) is 9.39. The van der Waals surface area contributed by atoms with E-state index in [0.717, 1.165) is 24.8 Å². The largest absolute Gasteiger partial charge is 0.418 e. The Labute approximate surface area is 198 Å². The zero-order valence-electron chi connectivity index (χ0n) is 19.8. The molecule has 4 rings (SSSR count). The van der Waals surface area contributed by atoms with Crippen LogP contribution in [0.4, 0.5) is 14.8 Å². The summed E-state index contributed by atoms with van der Waals surface area (Å²) in [7, 11) is 0. The first kappa shape index (κ1) is 24.2. The van der Waals surface area contributed by atoms with Crippen LogP contribution in [0.5, 0.6) is 0 Å². The average Bonchev–Trinajstić information content (AvgIpc) is 3.46. The van der Waals surface area contributed by atoms with Crippen molar-refractivity contribution in [1.82, 2.24) is 20.2 Å². The maximum atomic E-state index is 13.0. The number of carbonyl (C=O) groups is 1. The van der Waals surface area contributed by atoms with E-state index in [1.807, 2.05) is 29.3 Å². The second kappa shape index (κ2) is 11.0. The lowest BCUT2D eigenvalue weighted by atomic mass is 9.97. The van der Waals surface area contributed by atoms with Crippen molar-refractivity contribution in [2.24, 2.45) is 5.92 Å². The number of hydrogen-bond donors (Lipinski definition) is 2. The first-order valence-electron chi connectivity index (χ1n) is 12.0. The van der Waals surface area contributed by atoms with E-state index in [2.05, 4.69) is 35.2 Å². The average molecular weight is 474 g/mol. The number of alkyl halides is 2. The van der Waals surface area contributed by atoms with E-state index in [0.29, 0.717) is 38.1 Å². The van der Waals surface area contributed by atoms with Gasteiger partial charge in [0, 0.05) is 49.3 Å². The predicted molar refractivity (Wildman–Crippen MR) is 128 cm³/mol. The molecule has 0 radical (unpaired) electrons. The number of piperazine rings is 1. The molecule has 0 aliphatic carbocycles. The number of halogens is 2. The van der Waals surface area contributed by atoms with Crippen molar-refractivity contribution in [3.05, 3.63) is 48.0 Å². The van der Waals surface area contributed by atoms with Crippen molar-refractivity contribution in [3.8, 4) is 0 Å². The number of carbonyl (C=O) groups excluding carboxylic acids is 1. The van der Waals surface area contributed by atoms with Gasteiger partial charge in [-0.15, -0.1) is 0 Å². The van der Waals surface area contributed by atoms with Crippen molar-refractivity contribution < 1.29 is 18.0 Å². The third-order valence-corrected chi connectivity index (χ3v) is 6.33. The van der Waals surface area contributed by atoms with Gasteiger partial charge in [0.1, 0.15) is 0 Å². The maximum absolute atomic E-state index is 13.0. The first-order valence-corrected chi connectivity index (χ1v) is 12.0. The highest BCUT2D eigenvalue weighted by Crippen LogP contribution is 2.22. The van der Waals surface area contributed by atoms with Crippen LogP contribution in [0.2, 0.25) is 0 Å². The van der Waals surface area contributed by atoms with Crippen molar-refractivity contribution in [1.29, 1.82) is 0 Å². The zero-order chi connectivity index (χ0) is 24.1. The molecule has 3 heterocycles. The summed E-state index contributed by atoms with van der Waals surface area (Å²) in [4.78, 5) is 24.2. The fourth-order valence-corrected chi connectivity index (χ4v) is 4.42.